The van der Waals surface area contributed by atoms with Gasteiger partial charge in [0.2, 0.25) is 0 Å². The highest BCUT2D eigenvalue weighted by atomic mass is 16.6. The summed E-state index contributed by atoms with van der Waals surface area (Å²) in [6.45, 7) is 0. The van der Waals surface area contributed by atoms with E-state index in [2.05, 4.69) is 9.47 Å². The maximum Gasteiger partial charge on any atom is 0.310 e. The Kier molecular flexibility index (Phi) is 4.00. The first-order chi connectivity index (χ1) is 4.20. The van der Waals surface area contributed by atoms with E-state index in [1.54, 1.807) is 0 Å². The quantitative estimate of drug-likeness (QED) is 0.418. The van der Waals surface area contributed by atoms with Crippen LogP contribution >= 0.6 is 0 Å². The lowest BCUT2D eigenvalue weighted by Crippen LogP contribution is -2.15. The summed E-state index contributed by atoms with van der Waals surface area (Å²) in [5, 5.41) is 8.64. The maximum atomic E-state index is 10.3. The van der Waals surface area contributed by atoms with Crippen LogP contribution in [-0.4, -0.2) is 31.6 Å². The molecule has 4 heteroatoms. The van der Waals surface area contributed by atoms with Crippen molar-refractivity contribution in [3.63, 3.8) is 0 Å². The van der Waals surface area contributed by atoms with E-state index < -0.39 is 12.3 Å². The smallest absolute Gasteiger partial charge is 0.310 e. The highest BCUT2D eigenvalue weighted by Gasteiger charge is 2.07. The van der Waals surface area contributed by atoms with E-state index in [1.807, 2.05) is 0 Å². The molecule has 0 fully saturated rings. The zero-order valence-electron chi connectivity index (χ0n) is 5.46. The normalized spacial score (nSPS) is 12.8. The van der Waals surface area contributed by atoms with Crippen molar-refractivity contribution in [1.82, 2.24) is 0 Å². The molecule has 4 nitrogen and oxygen atoms in total. The minimum Gasteiger partial charge on any atom is -0.469 e. The van der Waals surface area contributed by atoms with Crippen LogP contribution < -0.4 is 0 Å². The minimum atomic E-state index is -1.04. The van der Waals surface area contributed by atoms with E-state index in [4.69, 9.17) is 5.11 Å². The van der Waals surface area contributed by atoms with Gasteiger partial charge in [-0.05, 0) is 0 Å². The van der Waals surface area contributed by atoms with Crippen LogP contribution in [0.3, 0.4) is 0 Å². The number of rotatable bonds is 3. The third kappa shape index (κ3) is 3.93. The van der Waals surface area contributed by atoms with Crippen LogP contribution in [0.5, 0.6) is 0 Å². The number of carbonyl (C=O) groups is 1. The number of methoxy groups -OCH3 is 2. The molecule has 1 atom stereocenters. The third-order valence-corrected chi connectivity index (χ3v) is 0.841. The van der Waals surface area contributed by atoms with Gasteiger partial charge in [-0.2, -0.15) is 0 Å². The molecule has 0 aromatic rings. The fourth-order valence-corrected chi connectivity index (χ4v) is 0.309. The first-order valence-electron chi connectivity index (χ1n) is 2.48. The van der Waals surface area contributed by atoms with Crippen LogP contribution in [0.2, 0.25) is 0 Å². The number of carbonyl (C=O) groups excluding carboxylic acids is 1. The van der Waals surface area contributed by atoms with Gasteiger partial charge < -0.3 is 14.6 Å². The average molecular weight is 134 g/mol. The predicted molar refractivity (Wildman–Crippen MR) is 29.6 cm³/mol. The molecule has 0 radical (unpaired) electrons. The molecule has 0 aliphatic carbocycles. The molecular formula is C5H10O4. The van der Waals surface area contributed by atoms with Crippen molar-refractivity contribution in [3.05, 3.63) is 0 Å². The van der Waals surface area contributed by atoms with Crippen molar-refractivity contribution >= 4 is 5.97 Å². The lowest BCUT2D eigenvalue weighted by atomic mass is 10.4. The molecule has 0 amide bonds. The second-order valence-electron chi connectivity index (χ2n) is 1.47. The topological polar surface area (TPSA) is 55.8 Å². The van der Waals surface area contributed by atoms with Gasteiger partial charge in [0.05, 0.1) is 13.5 Å². The Labute approximate surface area is 53.4 Å². The number of hydrogen-bond donors (Lipinski definition) is 1. The monoisotopic (exact) mass is 134 g/mol. The number of ether oxygens (including phenoxy) is 2. The summed E-state index contributed by atoms with van der Waals surface area (Å²) < 4.78 is 8.62. The van der Waals surface area contributed by atoms with Crippen molar-refractivity contribution < 1.29 is 19.4 Å². The summed E-state index contributed by atoms with van der Waals surface area (Å²) >= 11 is 0. The second kappa shape index (κ2) is 4.29. The molecule has 1 N–H and O–H groups in total. The Balaban J connectivity index is 3.34. The van der Waals surface area contributed by atoms with Crippen LogP contribution in [0.1, 0.15) is 6.42 Å². The first kappa shape index (κ1) is 8.39. The van der Waals surface area contributed by atoms with Gasteiger partial charge in [0, 0.05) is 7.11 Å². The molecule has 0 aromatic carbocycles. The van der Waals surface area contributed by atoms with E-state index in [0.717, 1.165) is 0 Å². The SMILES string of the molecule is COC(=O)CC(O)OC. The lowest BCUT2D eigenvalue weighted by molar-refractivity contribution is -0.152. The molecule has 0 saturated heterocycles. The van der Waals surface area contributed by atoms with Gasteiger partial charge in [-0.3, -0.25) is 4.79 Å². The van der Waals surface area contributed by atoms with Crippen molar-refractivity contribution in [2.24, 2.45) is 0 Å². The van der Waals surface area contributed by atoms with Gasteiger partial charge in [-0.25, -0.2) is 0 Å². The summed E-state index contributed by atoms with van der Waals surface area (Å²) in [7, 11) is 2.57. The molecule has 9 heavy (non-hydrogen) atoms. The van der Waals surface area contributed by atoms with E-state index >= 15 is 0 Å². The van der Waals surface area contributed by atoms with E-state index in [1.165, 1.54) is 14.2 Å². The molecular weight excluding hydrogens is 124 g/mol. The van der Waals surface area contributed by atoms with Gasteiger partial charge >= 0.3 is 5.97 Å². The molecule has 0 aromatic heterocycles. The van der Waals surface area contributed by atoms with Crippen molar-refractivity contribution in [3.8, 4) is 0 Å². The summed E-state index contributed by atoms with van der Waals surface area (Å²) in [6, 6.07) is 0. The minimum absolute atomic E-state index is 0.118. The largest absolute Gasteiger partial charge is 0.469 e. The van der Waals surface area contributed by atoms with Crippen molar-refractivity contribution in [1.29, 1.82) is 0 Å². The van der Waals surface area contributed by atoms with Gasteiger partial charge in [0.1, 0.15) is 0 Å². The Bertz CT molecular complexity index is 91.0. The summed E-state index contributed by atoms with van der Waals surface area (Å²) in [5.41, 5.74) is 0. The molecule has 0 heterocycles. The number of esters is 1. The highest BCUT2D eigenvalue weighted by molar-refractivity contribution is 5.69. The Morgan fingerprint density at radius 3 is 2.56 bits per heavy atom. The van der Waals surface area contributed by atoms with Gasteiger partial charge in [0.25, 0.3) is 0 Å². The van der Waals surface area contributed by atoms with Crippen LogP contribution in [0.25, 0.3) is 0 Å². The summed E-state index contributed by atoms with van der Waals surface area (Å²) in [4.78, 5) is 10.3. The zero-order chi connectivity index (χ0) is 7.28. The standard InChI is InChI=1S/C5H10O4/c1-8-4(6)3-5(7)9-2/h4,6H,3H2,1-2H3. The molecule has 0 bridgehead atoms. The van der Waals surface area contributed by atoms with Crippen LogP contribution in [0.15, 0.2) is 0 Å². The Morgan fingerprint density at radius 2 is 2.22 bits per heavy atom. The highest BCUT2D eigenvalue weighted by Crippen LogP contribution is 1.92. The number of aliphatic hydroxyl groups excluding tert-OH is 1. The van der Waals surface area contributed by atoms with E-state index in [-0.39, 0.29) is 6.42 Å². The maximum absolute atomic E-state index is 10.3. The third-order valence-electron chi connectivity index (χ3n) is 0.841. The van der Waals surface area contributed by atoms with Crippen molar-refractivity contribution in [2.75, 3.05) is 14.2 Å². The molecule has 1 unspecified atom stereocenters. The van der Waals surface area contributed by atoms with Crippen LogP contribution in [0.4, 0.5) is 0 Å². The predicted octanol–water partition coefficient (Wildman–Crippen LogP) is -0.486. The lowest BCUT2D eigenvalue weighted by Gasteiger charge is -2.04. The molecule has 0 rings (SSSR count). The molecule has 54 valence electrons. The molecule has 0 aliphatic rings. The zero-order valence-corrected chi connectivity index (χ0v) is 5.46. The van der Waals surface area contributed by atoms with E-state index in [9.17, 15) is 4.79 Å². The number of hydrogen-bond acceptors (Lipinski definition) is 4. The fourth-order valence-electron chi connectivity index (χ4n) is 0.309. The number of aliphatic hydroxyl groups is 1. The Morgan fingerprint density at radius 1 is 1.67 bits per heavy atom. The molecule has 0 saturated carbocycles. The first-order valence-corrected chi connectivity index (χ1v) is 2.48. The Hall–Kier alpha value is -0.610. The molecule has 0 aliphatic heterocycles. The van der Waals surface area contributed by atoms with Gasteiger partial charge in [-0.15, -0.1) is 0 Å². The van der Waals surface area contributed by atoms with Gasteiger partial charge in [0.15, 0.2) is 6.29 Å². The summed E-state index contributed by atoms with van der Waals surface area (Å²) in [5.74, 6) is -0.482. The second-order valence-corrected chi connectivity index (χ2v) is 1.47. The van der Waals surface area contributed by atoms with Gasteiger partial charge in [-0.1, -0.05) is 0 Å². The molecule has 0 spiro atoms. The average Bonchev–Trinajstić information content (AvgIpc) is 1.87. The fraction of sp³-hybridized carbons (Fsp3) is 0.800. The summed E-state index contributed by atoms with van der Waals surface area (Å²) in [6.07, 6.45) is -1.16. The van der Waals surface area contributed by atoms with Crippen molar-refractivity contribution in [2.45, 2.75) is 12.7 Å². The van der Waals surface area contributed by atoms with Crippen LogP contribution in [0, 0.1) is 0 Å². The van der Waals surface area contributed by atoms with E-state index in [0.29, 0.717) is 0 Å². The van der Waals surface area contributed by atoms with Crippen LogP contribution in [-0.2, 0) is 14.3 Å².